The second kappa shape index (κ2) is 6.83. The van der Waals surface area contributed by atoms with Crippen molar-refractivity contribution in [3.8, 4) is 0 Å². The minimum atomic E-state index is -1.13. The molecule has 0 aromatic heterocycles. The van der Waals surface area contributed by atoms with Crippen molar-refractivity contribution in [1.29, 1.82) is 0 Å². The van der Waals surface area contributed by atoms with E-state index in [2.05, 4.69) is 11.4 Å². The van der Waals surface area contributed by atoms with Crippen LogP contribution in [0.3, 0.4) is 0 Å². The maximum Gasteiger partial charge on any atom is 0.325 e. The van der Waals surface area contributed by atoms with Gasteiger partial charge in [-0.05, 0) is 51.0 Å². The summed E-state index contributed by atoms with van der Waals surface area (Å²) in [5.41, 5.74) is 0.645. The number of rotatable bonds is 5. The molecule has 1 atom stereocenters. The Hall–Kier alpha value is -2.63. The number of allylic oxidation sites excluding steroid dienone is 2. The van der Waals surface area contributed by atoms with Crippen LogP contribution in [0.2, 0.25) is 0 Å². The molecule has 3 aliphatic rings. The fourth-order valence-corrected chi connectivity index (χ4v) is 3.99. The van der Waals surface area contributed by atoms with Crippen molar-refractivity contribution in [2.45, 2.75) is 57.0 Å². The second-order valence-corrected chi connectivity index (χ2v) is 7.75. The number of carbonyl (C=O) groups is 3. The van der Waals surface area contributed by atoms with Crippen LogP contribution in [0.15, 0.2) is 42.1 Å². The Labute approximate surface area is 159 Å². The largest absolute Gasteiger partial charge is 0.325 e. The Morgan fingerprint density at radius 1 is 1.22 bits per heavy atom. The smallest absolute Gasteiger partial charge is 0.319 e. The van der Waals surface area contributed by atoms with Crippen LogP contribution in [-0.2, 0) is 15.1 Å². The van der Waals surface area contributed by atoms with Crippen molar-refractivity contribution in [1.82, 2.24) is 15.1 Å². The molecular formula is C21H25N3O3. The van der Waals surface area contributed by atoms with E-state index in [0.717, 1.165) is 49.1 Å². The van der Waals surface area contributed by atoms with Gasteiger partial charge in [0.05, 0.1) is 0 Å². The summed E-state index contributed by atoms with van der Waals surface area (Å²) in [5, 5.41) is 2.77. The minimum absolute atomic E-state index is 0.161. The number of benzene rings is 1. The molecule has 1 saturated heterocycles. The Morgan fingerprint density at radius 2 is 1.96 bits per heavy atom. The first-order valence-corrected chi connectivity index (χ1v) is 9.71. The summed E-state index contributed by atoms with van der Waals surface area (Å²) in [6, 6.07) is 8.87. The average Bonchev–Trinajstić information content (AvgIpc) is 3.48. The van der Waals surface area contributed by atoms with Gasteiger partial charge in [-0.3, -0.25) is 14.5 Å². The van der Waals surface area contributed by atoms with Crippen molar-refractivity contribution >= 4 is 17.8 Å². The molecule has 4 amide bonds. The molecule has 6 nitrogen and oxygen atoms in total. The van der Waals surface area contributed by atoms with Gasteiger partial charge in [0, 0.05) is 11.7 Å². The van der Waals surface area contributed by atoms with E-state index >= 15 is 0 Å². The van der Waals surface area contributed by atoms with E-state index in [0.29, 0.717) is 5.56 Å². The van der Waals surface area contributed by atoms with Gasteiger partial charge in [0.25, 0.3) is 5.91 Å². The molecule has 2 aliphatic carbocycles. The van der Waals surface area contributed by atoms with E-state index in [1.165, 1.54) is 0 Å². The fourth-order valence-electron chi connectivity index (χ4n) is 3.99. The van der Waals surface area contributed by atoms with Crippen molar-refractivity contribution < 1.29 is 14.4 Å². The first kappa shape index (κ1) is 17.8. The molecule has 6 heteroatoms. The van der Waals surface area contributed by atoms with Crippen LogP contribution in [0.5, 0.6) is 0 Å². The number of carbonyl (C=O) groups excluding carboxylic acids is 3. The molecule has 1 aliphatic heterocycles. The molecule has 4 rings (SSSR count). The van der Waals surface area contributed by atoms with E-state index in [1.807, 2.05) is 35.2 Å². The number of nitrogens with zero attached hydrogens (tertiary/aromatic N) is 2. The molecule has 1 aromatic rings. The zero-order valence-corrected chi connectivity index (χ0v) is 15.6. The van der Waals surface area contributed by atoms with Gasteiger partial charge >= 0.3 is 6.03 Å². The van der Waals surface area contributed by atoms with E-state index in [4.69, 9.17) is 0 Å². The maximum absolute atomic E-state index is 13.0. The highest BCUT2D eigenvalue weighted by atomic mass is 16.2. The highest BCUT2D eigenvalue weighted by Crippen LogP contribution is 2.34. The summed E-state index contributed by atoms with van der Waals surface area (Å²) in [6.45, 7) is 1.48. The first-order valence-electron chi connectivity index (χ1n) is 9.71. The predicted octanol–water partition coefficient (Wildman–Crippen LogP) is 2.90. The molecule has 2 fully saturated rings. The molecule has 0 radical (unpaired) electrons. The highest BCUT2D eigenvalue weighted by Gasteiger charge is 2.50. The zero-order valence-electron chi connectivity index (χ0n) is 15.6. The number of hydrogen-bond donors (Lipinski definition) is 1. The van der Waals surface area contributed by atoms with E-state index in [9.17, 15) is 14.4 Å². The first-order chi connectivity index (χ1) is 13.0. The lowest BCUT2D eigenvalue weighted by Crippen LogP contribution is -2.45. The molecule has 1 N–H and O–H groups in total. The number of amides is 4. The Morgan fingerprint density at radius 3 is 2.59 bits per heavy atom. The number of hydrogen-bond acceptors (Lipinski definition) is 3. The van der Waals surface area contributed by atoms with Crippen molar-refractivity contribution in [3.05, 3.63) is 47.7 Å². The standard InChI is InChI=1S/C21H25N3O3/c1-21(15-8-4-2-5-9-15)19(26)23(20(27)22-21)14-18(25)24(17-12-13-17)16-10-6-3-7-11-16/h2,4-5,8-10,17H,3,6-7,11-14H2,1H3,(H,22,27)/t21-/m0/s1. The monoisotopic (exact) mass is 367 g/mol. The van der Waals surface area contributed by atoms with Gasteiger partial charge in [-0.25, -0.2) is 4.79 Å². The number of imide groups is 1. The van der Waals surface area contributed by atoms with Crippen LogP contribution in [0, 0.1) is 0 Å². The summed E-state index contributed by atoms with van der Waals surface area (Å²) in [6.07, 6.45) is 8.23. The normalized spacial score (nSPS) is 25.2. The van der Waals surface area contributed by atoms with Gasteiger partial charge in [-0.2, -0.15) is 0 Å². The maximum atomic E-state index is 13.0. The summed E-state index contributed by atoms with van der Waals surface area (Å²) >= 11 is 0. The summed E-state index contributed by atoms with van der Waals surface area (Å²) in [7, 11) is 0. The average molecular weight is 367 g/mol. The van der Waals surface area contributed by atoms with E-state index in [1.54, 1.807) is 6.92 Å². The molecular weight excluding hydrogens is 342 g/mol. The van der Waals surface area contributed by atoms with Crippen LogP contribution in [0.4, 0.5) is 4.79 Å². The third-order valence-electron chi connectivity index (χ3n) is 5.68. The Bertz CT molecular complexity index is 800. The second-order valence-electron chi connectivity index (χ2n) is 7.75. The van der Waals surface area contributed by atoms with Crippen LogP contribution in [0.1, 0.15) is 51.0 Å². The zero-order chi connectivity index (χ0) is 19.0. The molecule has 0 spiro atoms. The summed E-state index contributed by atoms with van der Waals surface area (Å²) in [5.74, 6) is -0.535. The number of urea groups is 1. The lowest BCUT2D eigenvalue weighted by atomic mass is 9.92. The molecule has 0 unspecified atom stereocenters. The van der Waals surface area contributed by atoms with Gasteiger partial charge in [-0.15, -0.1) is 0 Å². The summed E-state index contributed by atoms with van der Waals surface area (Å²) < 4.78 is 0. The van der Waals surface area contributed by atoms with Crippen LogP contribution in [-0.4, -0.2) is 40.2 Å². The summed E-state index contributed by atoms with van der Waals surface area (Å²) in [4.78, 5) is 41.5. The third kappa shape index (κ3) is 3.24. The lowest BCUT2D eigenvalue weighted by Gasteiger charge is -2.29. The van der Waals surface area contributed by atoms with Gasteiger partial charge in [0.1, 0.15) is 12.1 Å². The Balaban J connectivity index is 1.53. The van der Waals surface area contributed by atoms with Crippen molar-refractivity contribution in [3.63, 3.8) is 0 Å². The van der Waals surface area contributed by atoms with Crippen molar-refractivity contribution in [2.75, 3.05) is 6.54 Å². The Kier molecular flexibility index (Phi) is 4.50. The molecule has 1 aromatic carbocycles. The van der Waals surface area contributed by atoms with Crippen molar-refractivity contribution in [2.24, 2.45) is 0 Å². The predicted molar refractivity (Wildman–Crippen MR) is 100 cm³/mol. The van der Waals surface area contributed by atoms with Gasteiger partial charge in [-0.1, -0.05) is 36.4 Å². The topological polar surface area (TPSA) is 69.7 Å². The quantitative estimate of drug-likeness (QED) is 0.814. The molecule has 27 heavy (non-hydrogen) atoms. The molecule has 0 bridgehead atoms. The third-order valence-corrected chi connectivity index (χ3v) is 5.68. The SMILES string of the molecule is C[C@@]1(c2ccccc2)NC(=O)N(CC(=O)N(C2=CCCCC2)C2CC2)C1=O. The molecule has 142 valence electrons. The van der Waals surface area contributed by atoms with Crippen LogP contribution < -0.4 is 5.32 Å². The minimum Gasteiger partial charge on any atom is -0.319 e. The van der Waals surface area contributed by atoms with Gasteiger partial charge in [0.2, 0.25) is 5.91 Å². The van der Waals surface area contributed by atoms with Gasteiger partial charge < -0.3 is 10.2 Å². The molecule has 1 heterocycles. The van der Waals surface area contributed by atoms with E-state index < -0.39 is 11.6 Å². The molecule has 1 saturated carbocycles. The number of nitrogens with one attached hydrogen (secondary N) is 1. The fraction of sp³-hybridized carbons (Fsp3) is 0.476. The highest BCUT2D eigenvalue weighted by molar-refractivity contribution is 6.09. The van der Waals surface area contributed by atoms with Gasteiger partial charge in [0.15, 0.2) is 0 Å². The van der Waals surface area contributed by atoms with Crippen LogP contribution >= 0.6 is 0 Å². The lowest BCUT2D eigenvalue weighted by molar-refractivity contribution is -0.138. The van der Waals surface area contributed by atoms with E-state index in [-0.39, 0.29) is 24.4 Å². The van der Waals surface area contributed by atoms with Crippen LogP contribution in [0.25, 0.3) is 0 Å².